The number of carbonyl (C=O) groups is 6. The molecule has 0 aromatic heterocycles. The van der Waals surface area contributed by atoms with E-state index in [1.807, 2.05) is 19.9 Å². The van der Waals surface area contributed by atoms with E-state index >= 15 is 0 Å². The highest BCUT2D eigenvalue weighted by atomic mass is 32.2. The molecule has 11 N–H and O–H groups in total. The number of fused-ring (bicyclic) bond motifs is 5. The highest BCUT2D eigenvalue weighted by molar-refractivity contribution is 7.82. The number of rotatable bonds is 14. The first kappa shape index (κ1) is 47.5. The molecule has 18 nitrogen and oxygen atoms in total. The Labute approximate surface area is 346 Å². The zero-order valence-electron chi connectivity index (χ0n) is 34.0. The van der Waals surface area contributed by atoms with Crippen LogP contribution in [-0.2, 0) is 41.4 Å². The third kappa shape index (κ3) is 14.2. The number of carbonyl (C=O) groups excluding carboxylic acids is 6. The molecule has 1 aliphatic heterocycles. The SMILES string of the molecule is CCN.Cc1ccc(C(=O)NCC(=O)N(C)C2C(=O)NCC(=O)NC(C(=O)NCC(=O)NS(C)=O)Cc3ccc(OCCN)c(c3)-c3cc2ccc3OCCN)c(C)c1. The van der Waals surface area contributed by atoms with Gasteiger partial charge in [0, 0.05) is 49.5 Å². The number of amides is 6. The van der Waals surface area contributed by atoms with E-state index in [1.165, 1.54) is 13.3 Å². The largest absolute Gasteiger partial charge is 0.492 e. The summed E-state index contributed by atoms with van der Waals surface area (Å²) in [6.45, 7) is 5.47. The van der Waals surface area contributed by atoms with Gasteiger partial charge < -0.3 is 52.8 Å². The second-order valence-electron chi connectivity index (χ2n) is 13.4. The molecule has 6 amide bonds. The van der Waals surface area contributed by atoms with Crippen molar-refractivity contribution in [3.8, 4) is 22.6 Å². The van der Waals surface area contributed by atoms with Gasteiger partial charge in [0.1, 0.15) is 47.8 Å². The molecule has 59 heavy (non-hydrogen) atoms. The summed E-state index contributed by atoms with van der Waals surface area (Å²) in [5.41, 5.74) is 20.3. The van der Waals surface area contributed by atoms with Crippen LogP contribution in [0.25, 0.3) is 11.1 Å². The monoisotopic (exact) mass is 837 g/mol. The molecule has 0 spiro atoms. The molecule has 0 saturated carbocycles. The van der Waals surface area contributed by atoms with E-state index in [2.05, 4.69) is 26.0 Å². The molecule has 4 rings (SSSR count). The number of hydrogen-bond donors (Lipinski definition) is 8. The van der Waals surface area contributed by atoms with Gasteiger partial charge in [-0.15, -0.1) is 0 Å². The molecule has 0 aliphatic carbocycles. The molecule has 3 aromatic rings. The Morgan fingerprint density at radius 1 is 0.881 bits per heavy atom. The highest BCUT2D eigenvalue weighted by Crippen LogP contribution is 2.40. The van der Waals surface area contributed by atoms with Gasteiger partial charge >= 0.3 is 0 Å². The predicted molar refractivity (Wildman–Crippen MR) is 223 cm³/mol. The van der Waals surface area contributed by atoms with Crippen LogP contribution < -0.4 is 52.7 Å². The van der Waals surface area contributed by atoms with Gasteiger partial charge in [-0.3, -0.25) is 33.5 Å². The fraction of sp³-hybridized carbons (Fsp3) is 0.400. The van der Waals surface area contributed by atoms with E-state index in [-0.39, 0.29) is 32.7 Å². The zero-order valence-corrected chi connectivity index (χ0v) is 34.8. The van der Waals surface area contributed by atoms with Crippen molar-refractivity contribution >= 4 is 46.4 Å². The second kappa shape index (κ2) is 23.5. The smallest absolute Gasteiger partial charge is 0.251 e. The van der Waals surface area contributed by atoms with Gasteiger partial charge in [-0.2, -0.15) is 0 Å². The molecule has 19 heteroatoms. The summed E-state index contributed by atoms with van der Waals surface area (Å²) < 4.78 is 25.6. The Balaban J connectivity index is 0.00000300. The lowest BCUT2D eigenvalue weighted by Crippen LogP contribution is -2.53. The van der Waals surface area contributed by atoms with Crippen LogP contribution in [0.15, 0.2) is 54.6 Å². The minimum Gasteiger partial charge on any atom is -0.492 e. The summed E-state index contributed by atoms with van der Waals surface area (Å²) in [5, 5.41) is 10.3. The van der Waals surface area contributed by atoms with Gasteiger partial charge in [0.15, 0.2) is 0 Å². The molecular weight excluding hydrogens is 783 g/mol. The Kier molecular flexibility index (Phi) is 18.9. The standard InChI is InChI=1S/C38H48N8O9S.C2H7N/c1-22-5-8-26(23(2)15-22)36(50)43-21-34(49)46(3)35-25-7-10-31(55-14-12-40)28(18-25)27-16-24(6-9-30(27)54-13-11-39)17-29(44-32(47)19-42-38(35)52)37(51)41-20-33(48)45-56(4)53;1-2-3/h5-10,15-16,18,29,35H,11-14,17,19-21,39-40H2,1-4H3,(H,41,51)(H,42,52)(H,43,50)(H,44,47)(H,45,48);2-3H2,1H3. The van der Waals surface area contributed by atoms with E-state index in [4.69, 9.17) is 26.7 Å². The van der Waals surface area contributed by atoms with Crippen LogP contribution in [0.5, 0.6) is 11.5 Å². The fourth-order valence-corrected chi connectivity index (χ4v) is 6.41. The molecule has 4 bridgehead atoms. The summed E-state index contributed by atoms with van der Waals surface area (Å²) >= 11 is 0. The first-order chi connectivity index (χ1) is 28.1. The van der Waals surface area contributed by atoms with Crippen molar-refractivity contribution in [2.75, 3.05) is 65.8 Å². The predicted octanol–water partition coefficient (Wildman–Crippen LogP) is -0.777. The van der Waals surface area contributed by atoms with Crippen molar-refractivity contribution in [2.45, 2.75) is 39.3 Å². The highest BCUT2D eigenvalue weighted by Gasteiger charge is 2.32. The number of nitrogens with zero attached hydrogens (tertiary/aromatic N) is 1. The number of hydrogen-bond acceptors (Lipinski definition) is 12. The maximum Gasteiger partial charge on any atom is 0.251 e. The van der Waals surface area contributed by atoms with E-state index in [1.54, 1.807) is 55.5 Å². The number of benzene rings is 3. The zero-order chi connectivity index (χ0) is 43.6. The molecule has 0 radical (unpaired) electrons. The second-order valence-corrected chi connectivity index (χ2v) is 14.5. The number of ether oxygens (including phenoxy) is 2. The van der Waals surface area contributed by atoms with Crippen LogP contribution in [0.2, 0.25) is 0 Å². The Morgan fingerprint density at radius 3 is 2.12 bits per heavy atom. The summed E-state index contributed by atoms with van der Waals surface area (Å²) in [4.78, 5) is 80.7. The third-order valence-corrected chi connectivity index (χ3v) is 9.17. The summed E-state index contributed by atoms with van der Waals surface area (Å²) in [6, 6.07) is 12.8. The summed E-state index contributed by atoms with van der Waals surface area (Å²) in [5.74, 6) is -3.23. The molecule has 0 saturated heterocycles. The van der Waals surface area contributed by atoms with Crippen LogP contribution in [0.1, 0.15) is 45.6 Å². The Hall–Kier alpha value is -5.89. The molecule has 1 aliphatic rings. The van der Waals surface area contributed by atoms with Crippen LogP contribution in [0, 0.1) is 13.8 Å². The topological polar surface area (TPSA) is 279 Å². The molecule has 0 fully saturated rings. The summed E-state index contributed by atoms with van der Waals surface area (Å²) in [6.07, 6.45) is 1.21. The minimum absolute atomic E-state index is 0.0522. The average molecular weight is 838 g/mol. The van der Waals surface area contributed by atoms with Crippen LogP contribution in [-0.4, -0.2) is 116 Å². The molecule has 320 valence electrons. The van der Waals surface area contributed by atoms with Crippen LogP contribution >= 0.6 is 0 Å². The lowest BCUT2D eigenvalue weighted by atomic mass is 9.93. The van der Waals surface area contributed by atoms with Crippen molar-refractivity contribution in [3.05, 3.63) is 82.4 Å². The van der Waals surface area contributed by atoms with Gasteiger partial charge in [-0.1, -0.05) is 36.8 Å². The maximum absolute atomic E-state index is 14.0. The van der Waals surface area contributed by atoms with Crippen LogP contribution in [0.3, 0.4) is 0 Å². The van der Waals surface area contributed by atoms with Crippen molar-refractivity contribution in [1.82, 2.24) is 30.9 Å². The number of nitrogens with one attached hydrogen (secondary N) is 5. The lowest BCUT2D eigenvalue weighted by molar-refractivity contribution is -0.139. The van der Waals surface area contributed by atoms with Crippen molar-refractivity contribution in [2.24, 2.45) is 17.2 Å². The number of aryl methyl sites for hydroxylation is 2. The Morgan fingerprint density at radius 2 is 1.51 bits per heavy atom. The maximum atomic E-state index is 14.0. The molecule has 3 unspecified atom stereocenters. The average Bonchev–Trinajstić information content (AvgIpc) is 3.19. The first-order valence-corrected chi connectivity index (χ1v) is 20.4. The normalized spacial score (nSPS) is 15.4. The van der Waals surface area contributed by atoms with Gasteiger partial charge in [0.25, 0.3) is 11.8 Å². The van der Waals surface area contributed by atoms with Gasteiger partial charge in [0.2, 0.25) is 23.6 Å². The first-order valence-electron chi connectivity index (χ1n) is 18.9. The van der Waals surface area contributed by atoms with E-state index in [0.717, 1.165) is 22.6 Å². The van der Waals surface area contributed by atoms with Crippen molar-refractivity contribution in [1.29, 1.82) is 0 Å². The number of nitrogens with two attached hydrogens (primary N) is 3. The Bertz CT molecular complexity index is 2010. The fourth-order valence-electron chi connectivity index (χ4n) is 6.01. The molecular formula is C40H55N9O9S. The lowest BCUT2D eigenvalue weighted by Gasteiger charge is -2.29. The third-order valence-electron chi connectivity index (χ3n) is 8.66. The molecule has 3 atom stereocenters. The minimum atomic E-state index is -1.66. The van der Waals surface area contributed by atoms with E-state index < -0.39 is 78.1 Å². The van der Waals surface area contributed by atoms with Gasteiger partial charge in [-0.05, 0) is 67.4 Å². The van der Waals surface area contributed by atoms with Crippen molar-refractivity contribution in [3.63, 3.8) is 0 Å². The van der Waals surface area contributed by atoms with E-state index in [0.29, 0.717) is 39.3 Å². The van der Waals surface area contributed by atoms with Gasteiger partial charge in [0.05, 0.1) is 19.6 Å². The number of likely N-dealkylation sites (N-methyl/N-ethyl adjacent to an activating group) is 1. The summed E-state index contributed by atoms with van der Waals surface area (Å²) in [7, 11) is -0.257. The van der Waals surface area contributed by atoms with Crippen molar-refractivity contribution < 1.29 is 42.4 Å². The quantitative estimate of drug-likeness (QED) is 0.0994. The molecule has 3 aromatic carbocycles. The van der Waals surface area contributed by atoms with Crippen LogP contribution in [0.4, 0.5) is 0 Å². The van der Waals surface area contributed by atoms with Gasteiger partial charge in [-0.25, -0.2) is 4.21 Å². The van der Waals surface area contributed by atoms with E-state index in [9.17, 15) is 33.0 Å². The molecule has 1 heterocycles.